The highest BCUT2D eigenvalue weighted by Gasteiger charge is 2.28. The van der Waals surface area contributed by atoms with Crippen molar-refractivity contribution in [2.45, 2.75) is 13.8 Å². The fraction of sp³-hybridized carbons (Fsp3) is 0.800. The van der Waals surface area contributed by atoms with Gasteiger partial charge in [0.05, 0.1) is 13.1 Å². The largest absolute Gasteiger partial charge is 0.346 e. The quantitative estimate of drug-likeness (QED) is 0.643. The van der Waals surface area contributed by atoms with Crippen LogP contribution >= 0.6 is 0 Å². The molecule has 1 aliphatic rings. The van der Waals surface area contributed by atoms with Crippen molar-refractivity contribution in [1.29, 1.82) is 0 Å². The lowest BCUT2D eigenvalue weighted by molar-refractivity contribution is -0.131. The van der Waals surface area contributed by atoms with Gasteiger partial charge in [0.2, 0.25) is 11.8 Å². The van der Waals surface area contributed by atoms with Crippen LogP contribution in [0.15, 0.2) is 0 Å². The molecule has 1 fully saturated rings. The minimum absolute atomic E-state index is 0.0204. The Labute approximate surface area is 90.0 Å². The Morgan fingerprint density at radius 3 is 2.33 bits per heavy atom. The summed E-state index contributed by atoms with van der Waals surface area (Å²) < 4.78 is 0. The normalized spacial score (nSPS) is 25.4. The molecule has 5 heteroatoms. The number of nitrogens with two attached hydrogens (primary N) is 1. The van der Waals surface area contributed by atoms with E-state index in [4.69, 9.17) is 5.73 Å². The first-order valence-corrected chi connectivity index (χ1v) is 5.29. The van der Waals surface area contributed by atoms with E-state index in [0.29, 0.717) is 11.8 Å². The smallest absolute Gasteiger partial charge is 0.241 e. The van der Waals surface area contributed by atoms with Gasteiger partial charge in [0, 0.05) is 13.1 Å². The highest BCUT2D eigenvalue weighted by atomic mass is 16.2. The monoisotopic (exact) mass is 213 g/mol. The van der Waals surface area contributed by atoms with Gasteiger partial charge in [-0.15, -0.1) is 0 Å². The molecule has 2 unspecified atom stereocenters. The summed E-state index contributed by atoms with van der Waals surface area (Å²) in [5, 5.41) is 2.48. The van der Waals surface area contributed by atoms with Gasteiger partial charge >= 0.3 is 0 Å². The maximum absolute atomic E-state index is 11.6. The minimum atomic E-state index is -0.288. The molecule has 1 aliphatic heterocycles. The Morgan fingerprint density at radius 1 is 1.33 bits per heavy atom. The molecule has 1 heterocycles. The van der Waals surface area contributed by atoms with Crippen LogP contribution in [0.2, 0.25) is 0 Å². The average molecular weight is 213 g/mol. The molecule has 5 nitrogen and oxygen atoms in total. The molecule has 0 aromatic heterocycles. The fourth-order valence-corrected chi connectivity index (χ4v) is 1.69. The van der Waals surface area contributed by atoms with E-state index in [0.717, 1.165) is 13.1 Å². The summed E-state index contributed by atoms with van der Waals surface area (Å²) in [5.41, 5.74) is 5.12. The Kier molecular flexibility index (Phi) is 4.08. The van der Waals surface area contributed by atoms with Crippen molar-refractivity contribution in [3.05, 3.63) is 0 Å². The lowest BCUT2D eigenvalue weighted by Gasteiger charge is -2.16. The highest BCUT2D eigenvalue weighted by molar-refractivity contribution is 5.85. The molecule has 0 aromatic rings. The Morgan fingerprint density at radius 2 is 1.87 bits per heavy atom. The van der Waals surface area contributed by atoms with E-state index in [-0.39, 0.29) is 24.9 Å². The van der Waals surface area contributed by atoms with E-state index in [2.05, 4.69) is 19.2 Å². The number of rotatable bonds is 3. The van der Waals surface area contributed by atoms with E-state index < -0.39 is 0 Å². The molecule has 15 heavy (non-hydrogen) atoms. The first-order chi connectivity index (χ1) is 7.04. The van der Waals surface area contributed by atoms with E-state index in [1.54, 1.807) is 4.90 Å². The van der Waals surface area contributed by atoms with Crippen molar-refractivity contribution in [2.24, 2.45) is 17.6 Å². The summed E-state index contributed by atoms with van der Waals surface area (Å²) in [5.74, 6) is 0.773. The van der Waals surface area contributed by atoms with E-state index in [1.807, 2.05) is 0 Å². The fourth-order valence-electron chi connectivity index (χ4n) is 1.69. The molecule has 0 aromatic carbocycles. The second-order valence-electron chi connectivity index (χ2n) is 4.23. The molecule has 0 aliphatic carbocycles. The van der Waals surface area contributed by atoms with E-state index in [9.17, 15) is 9.59 Å². The molecule has 0 radical (unpaired) electrons. The van der Waals surface area contributed by atoms with Gasteiger partial charge in [-0.05, 0) is 11.8 Å². The van der Waals surface area contributed by atoms with Gasteiger partial charge in [0.15, 0.2) is 0 Å². The van der Waals surface area contributed by atoms with Gasteiger partial charge in [0.1, 0.15) is 0 Å². The summed E-state index contributed by atoms with van der Waals surface area (Å²) in [6, 6.07) is 0. The summed E-state index contributed by atoms with van der Waals surface area (Å²) in [7, 11) is 0. The van der Waals surface area contributed by atoms with Crippen LogP contribution in [0.4, 0.5) is 0 Å². The number of carbonyl (C=O) groups is 2. The van der Waals surface area contributed by atoms with Crippen LogP contribution in [0.1, 0.15) is 13.8 Å². The third-order valence-electron chi connectivity index (χ3n) is 2.96. The lowest BCUT2D eigenvalue weighted by Crippen LogP contribution is -2.41. The summed E-state index contributed by atoms with van der Waals surface area (Å²) in [6.45, 7) is 5.85. The first-order valence-electron chi connectivity index (χ1n) is 5.29. The molecule has 1 saturated heterocycles. The predicted octanol–water partition coefficient (Wildman–Crippen LogP) is -0.824. The highest BCUT2D eigenvalue weighted by Crippen LogP contribution is 2.21. The Balaban J connectivity index is 2.32. The Hall–Kier alpha value is -1.10. The zero-order valence-electron chi connectivity index (χ0n) is 9.32. The standard InChI is InChI=1S/C10H19N3O2/c1-7-5-13(6-8(7)2)10(15)4-12-9(14)3-11/h7-8H,3-6,11H2,1-2H3,(H,12,14). The number of carbonyl (C=O) groups excluding carboxylic acids is 2. The number of hydrogen-bond donors (Lipinski definition) is 2. The van der Waals surface area contributed by atoms with Crippen molar-refractivity contribution >= 4 is 11.8 Å². The molecule has 2 amide bonds. The van der Waals surface area contributed by atoms with E-state index in [1.165, 1.54) is 0 Å². The van der Waals surface area contributed by atoms with Crippen molar-refractivity contribution in [1.82, 2.24) is 10.2 Å². The lowest BCUT2D eigenvalue weighted by atomic mass is 10.0. The van der Waals surface area contributed by atoms with Crippen LogP contribution in [0.5, 0.6) is 0 Å². The molecule has 86 valence electrons. The maximum atomic E-state index is 11.6. The molecule has 1 rings (SSSR count). The molecule has 0 saturated carbocycles. The van der Waals surface area contributed by atoms with Crippen LogP contribution in [-0.2, 0) is 9.59 Å². The van der Waals surface area contributed by atoms with Gasteiger partial charge in [-0.3, -0.25) is 9.59 Å². The van der Waals surface area contributed by atoms with Crippen molar-refractivity contribution in [3.8, 4) is 0 Å². The number of amides is 2. The number of nitrogens with one attached hydrogen (secondary N) is 1. The molecule has 3 N–H and O–H groups in total. The van der Waals surface area contributed by atoms with Crippen molar-refractivity contribution in [2.75, 3.05) is 26.2 Å². The van der Waals surface area contributed by atoms with Crippen LogP contribution < -0.4 is 11.1 Å². The van der Waals surface area contributed by atoms with Gasteiger partial charge in [-0.2, -0.15) is 0 Å². The van der Waals surface area contributed by atoms with Gasteiger partial charge in [0.25, 0.3) is 0 Å². The predicted molar refractivity (Wildman–Crippen MR) is 57.0 cm³/mol. The topological polar surface area (TPSA) is 75.4 Å². The molecule has 0 spiro atoms. The zero-order chi connectivity index (χ0) is 11.4. The maximum Gasteiger partial charge on any atom is 0.241 e. The van der Waals surface area contributed by atoms with Crippen LogP contribution in [0.25, 0.3) is 0 Å². The van der Waals surface area contributed by atoms with Crippen molar-refractivity contribution < 1.29 is 9.59 Å². The number of likely N-dealkylation sites (tertiary alicyclic amines) is 1. The van der Waals surface area contributed by atoms with Crippen molar-refractivity contribution in [3.63, 3.8) is 0 Å². The third-order valence-corrected chi connectivity index (χ3v) is 2.96. The summed E-state index contributed by atoms with van der Waals surface area (Å²) in [4.78, 5) is 24.3. The minimum Gasteiger partial charge on any atom is -0.346 e. The van der Waals surface area contributed by atoms with Crippen LogP contribution in [0, 0.1) is 11.8 Å². The summed E-state index contributed by atoms with van der Waals surface area (Å²) >= 11 is 0. The number of nitrogens with zero attached hydrogens (tertiary/aromatic N) is 1. The average Bonchev–Trinajstić information content (AvgIpc) is 2.55. The van der Waals surface area contributed by atoms with Gasteiger partial charge in [-0.25, -0.2) is 0 Å². The van der Waals surface area contributed by atoms with Gasteiger partial charge < -0.3 is 16.0 Å². The van der Waals surface area contributed by atoms with Crippen LogP contribution in [-0.4, -0.2) is 42.9 Å². The number of hydrogen-bond acceptors (Lipinski definition) is 3. The van der Waals surface area contributed by atoms with Crippen LogP contribution in [0.3, 0.4) is 0 Å². The molecular weight excluding hydrogens is 194 g/mol. The second-order valence-corrected chi connectivity index (χ2v) is 4.23. The molecule has 2 atom stereocenters. The summed E-state index contributed by atoms with van der Waals surface area (Å²) in [6.07, 6.45) is 0. The Bertz CT molecular complexity index is 245. The third kappa shape index (κ3) is 3.20. The molecular formula is C10H19N3O2. The van der Waals surface area contributed by atoms with E-state index >= 15 is 0 Å². The molecule has 0 bridgehead atoms. The first kappa shape index (κ1) is 12.0. The second kappa shape index (κ2) is 5.11. The zero-order valence-corrected chi connectivity index (χ0v) is 9.32. The SMILES string of the molecule is CC1CN(C(=O)CNC(=O)CN)CC1C. The van der Waals surface area contributed by atoms with Gasteiger partial charge in [-0.1, -0.05) is 13.8 Å².